The minimum atomic E-state index is -0.281. The zero-order valence-electron chi connectivity index (χ0n) is 10.5. The van der Waals surface area contributed by atoms with Crippen LogP contribution < -0.4 is 10.5 Å². The number of ether oxygens (including phenoxy) is 1. The van der Waals surface area contributed by atoms with Crippen LogP contribution in [0.1, 0.15) is 19.3 Å². The van der Waals surface area contributed by atoms with Gasteiger partial charge in [0.2, 0.25) is 0 Å². The fraction of sp³-hybridized carbons (Fsp3) is 0.538. The molecule has 3 nitrogen and oxygen atoms in total. The molecule has 1 aliphatic rings. The number of piperidine rings is 1. The standard InChI is InChI=1S/C13H18FIN2O/c1-17-5-3-2-4-9(17)8-18-13-6-10(14)11(15)7-12(13)16/h6-7,9H,2-5,8,16H2,1H3. The number of rotatable bonds is 3. The number of hydrogen-bond acceptors (Lipinski definition) is 3. The highest BCUT2D eigenvalue weighted by Gasteiger charge is 2.20. The van der Waals surface area contributed by atoms with Crippen LogP contribution in [-0.4, -0.2) is 31.1 Å². The van der Waals surface area contributed by atoms with E-state index in [4.69, 9.17) is 10.5 Å². The van der Waals surface area contributed by atoms with E-state index in [1.807, 2.05) is 22.6 Å². The van der Waals surface area contributed by atoms with E-state index in [0.717, 1.165) is 13.0 Å². The summed E-state index contributed by atoms with van der Waals surface area (Å²) in [5.74, 6) is 0.170. The Balaban J connectivity index is 1.99. The average Bonchev–Trinajstić information content (AvgIpc) is 2.34. The van der Waals surface area contributed by atoms with Gasteiger partial charge < -0.3 is 15.4 Å². The molecule has 0 saturated carbocycles. The highest BCUT2D eigenvalue weighted by molar-refractivity contribution is 14.1. The number of benzene rings is 1. The van der Waals surface area contributed by atoms with Gasteiger partial charge in [-0.2, -0.15) is 0 Å². The van der Waals surface area contributed by atoms with Crippen molar-refractivity contribution in [3.05, 3.63) is 21.5 Å². The monoisotopic (exact) mass is 364 g/mol. The first kappa shape index (κ1) is 13.9. The molecule has 1 heterocycles. The van der Waals surface area contributed by atoms with Gasteiger partial charge in [0.25, 0.3) is 0 Å². The molecule has 1 unspecified atom stereocenters. The van der Waals surface area contributed by atoms with Crippen molar-refractivity contribution in [1.82, 2.24) is 4.90 Å². The molecule has 0 radical (unpaired) electrons. The predicted molar refractivity (Wildman–Crippen MR) is 79.3 cm³/mol. The van der Waals surface area contributed by atoms with Crippen LogP contribution in [0.4, 0.5) is 10.1 Å². The van der Waals surface area contributed by atoms with E-state index in [1.54, 1.807) is 6.07 Å². The second-order valence-electron chi connectivity index (χ2n) is 4.75. The number of hydrogen-bond donors (Lipinski definition) is 1. The number of likely N-dealkylation sites (N-methyl/N-ethyl adjacent to an activating group) is 1. The van der Waals surface area contributed by atoms with Gasteiger partial charge in [0.15, 0.2) is 0 Å². The van der Waals surface area contributed by atoms with Crippen LogP contribution >= 0.6 is 22.6 Å². The molecule has 0 aliphatic carbocycles. The quantitative estimate of drug-likeness (QED) is 0.662. The van der Waals surface area contributed by atoms with Crippen LogP contribution in [0.5, 0.6) is 5.75 Å². The molecule has 100 valence electrons. The minimum absolute atomic E-state index is 0.281. The van der Waals surface area contributed by atoms with Crippen LogP contribution in [0.3, 0.4) is 0 Å². The maximum absolute atomic E-state index is 13.4. The smallest absolute Gasteiger partial charge is 0.145 e. The van der Waals surface area contributed by atoms with E-state index in [2.05, 4.69) is 11.9 Å². The Morgan fingerprint density at radius 2 is 2.28 bits per heavy atom. The number of nitrogen functional groups attached to an aromatic ring is 1. The molecule has 2 N–H and O–H groups in total. The zero-order valence-corrected chi connectivity index (χ0v) is 12.6. The molecule has 0 spiro atoms. The lowest BCUT2D eigenvalue weighted by molar-refractivity contribution is 0.125. The average molecular weight is 364 g/mol. The van der Waals surface area contributed by atoms with Crippen LogP contribution in [0, 0.1) is 9.39 Å². The Bertz CT molecular complexity index is 428. The van der Waals surface area contributed by atoms with Crippen molar-refractivity contribution in [2.24, 2.45) is 0 Å². The molecule has 5 heteroatoms. The lowest BCUT2D eigenvalue weighted by atomic mass is 10.0. The summed E-state index contributed by atoms with van der Waals surface area (Å²) in [7, 11) is 2.10. The SMILES string of the molecule is CN1CCCCC1COc1cc(F)c(I)cc1N. The summed E-state index contributed by atoms with van der Waals surface area (Å²) in [6.45, 7) is 1.67. The summed E-state index contributed by atoms with van der Waals surface area (Å²) in [4.78, 5) is 2.29. The van der Waals surface area contributed by atoms with Gasteiger partial charge in [0.1, 0.15) is 18.2 Å². The third-order valence-corrected chi connectivity index (χ3v) is 4.23. The van der Waals surface area contributed by atoms with E-state index < -0.39 is 0 Å². The number of halogens is 2. The predicted octanol–water partition coefficient (Wildman–Crippen LogP) is 2.88. The molecule has 0 aromatic heterocycles. The van der Waals surface area contributed by atoms with Crippen LogP contribution in [0.25, 0.3) is 0 Å². The van der Waals surface area contributed by atoms with Crippen molar-refractivity contribution in [2.75, 3.05) is 25.9 Å². The van der Waals surface area contributed by atoms with E-state index in [0.29, 0.717) is 27.7 Å². The van der Waals surface area contributed by atoms with Crippen molar-refractivity contribution < 1.29 is 9.13 Å². The molecule has 1 atom stereocenters. The fourth-order valence-electron chi connectivity index (χ4n) is 2.21. The second-order valence-corrected chi connectivity index (χ2v) is 5.91. The maximum Gasteiger partial charge on any atom is 0.145 e. The van der Waals surface area contributed by atoms with Crippen molar-refractivity contribution >= 4 is 28.3 Å². The summed E-state index contributed by atoms with van der Waals surface area (Å²) in [6, 6.07) is 3.39. The summed E-state index contributed by atoms with van der Waals surface area (Å²) in [6.07, 6.45) is 3.60. The topological polar surface area (TPSA) is 38.5 Å². The number of nitrogens with zero attached hydrogens (tertiary/aromatic N) is 1. The molecule has 1 aliphatic heterocycles. The Hall–Kier alpha value is -0.560. The molecule has 1 fully saturated rings. The molecular formula is C13H18FIN2O. The Labute approximate surface area is 121 Å². The van der Waals surface area contributed by atoms with E-state index in [-0.39, 0.29) is 5.82 Å². The van der Waals surface area contributed by atoms with E-state index >= 15 is 0 Å². The van der Waals surface area contributed by atoms with E-state index in [1.165, 1.54) is 18.9 Å². The largest absolute Gasteiger partial charge is 0.490 e. The molecule has 1 aromatic carbocycles. The molecule has 2 rings (SSSR count). The van der Waals surface area contributed by atoms with Gasteiger partial charge in [-0.1, -0.05) is 6.42 Å². The van der Waals surface area contributed by atoms with Crippen molar-refractivity contribution in [3.63, 3.8) is 0 Å². The van der Waals surface area contributed by atoms with Crippen molar-refractivity contribution in [3.8, 4) is 5.75 Å². The first-order valence-corrected chi connectivity index (χ1v) is 7.23. The van der Waals surface area contributed by atoms with Gasteiger partial charge >= 0.3 is 0 Å². The summed E-state index contributed by atoms with van der Waals surface area (Å²) < 4.78 is 19.6. The van der Waals surface area contributed by atoms with Gasteiger partial charge in [0.05, 0.1) is 9.26 Å². The highest BCUT2D eigenvalue weighted by Crippen LogP contribution is 2.27. The van der Waals surface area contributed by atoms with Crippen LogP contribution in [0.2, 0.25) is 0 Å². The number of nitrogens with two attached hydrogens (primary N) is 1. The summed E-state index contributed by atoms with van der Waals surface area (Å²) in [5, 5.41) is 0. The Morgan fingerprint density at radius 1 is 1.50 bits per heavy atom. The first-order valence-electron chi connectivity index (χ1n) is 6.15. The van der Waals surface area contributed by atoms with E-state index in [9.17, 15) is 4.39 Å². The van der Waals surface area contributed by atoms with Crippen molar-refractivity contribution in [1.29, 1.82) is 0 Å². The van der Waals surface area contributed by atoms with Crippen LogP contribution in [0.15, 0.2) is 12.1 Å². The van der Waals surface area contributed by atoms with Gasteiger partial charge in [-0.05, 0) is 55.1 Å². The first-order chi connectivity index (χ1) is 8.58. The zero-order chi connectivity index (χ0) is 13.1. The normalized spacial score (nSPS) is 20.9. The number of likely N-dealkylation sites (tertiary alicyclic amines) is 1. The molecule has 0 bridgehead atoms. The van der Waals surface area contributed by atoms with Gasteiger partial charge in [-0.25, -0.2) is 4.39 Å². The molecule has 0 amide bonds. The second kappa shape index (κ2) is 6.06. The van der Waals surface area contributed by atoms with Crippen molar-refractivity contribution in [2.45, 2.75) is 25.3 Å². The third-order valence-electron chi connectivity index (χ3n) is 3.41. The minimum Gasteiger partial charge on any atom is -0.490 e. The number of anilines is 1. The lowest BCUT2D eigenvalue weighted by Gasteiger charge is -2.32. The van der Waals surface area contributed by atoms with Gasteiger partial charge in [-0.15, -0.1) is 0 Å². The molecular weight excluding hydrogens is 346 g/mol. The fourth-order valence-corrected chi connectivity index (χ4v) is 2.70. The molecule has 18 heavy (non-hydrogen) atoms. The maximum atomic E-state index is 13.4. The third kappa shape index (κ3) is 3.26. The van der Waals surface area contributed by atoms with Gasteiger partial charge in [0, 0.05) is 12.1 Å². The van der Waals surface area contributed by atoms with Crippen LogP contribution in [-0.2, 0) is 0 Å². The molecule has 1 aromatic rings. The Kier molecular flexibility index (Phi) is 4.66. The summed E-state index contributed by atoms with van der Waals surface area (Å²) in [5.41, 5.74) is 6.33. The highest BCUT2D eigenvalue weighted by atomic mass is 127. The lowest BCUT2D eigenvalue weighted by Crippen LogP contribution is -2.40. The Morgan fingerprint density at radius 3 is 3.00 bits per heavy atom. The van der Waals surface area contributed by atoms with Gasteiger partial charge in [-0.3, -0.25) is 0 Å². The summed E-state index contributed by atoms with van der Waals surface area (Å²) >= 11 is 1.92. The molecule has 1 saturated heterocycles.